The Morgan fingerprint density at radius 1 is 1.20 bits per heavy atom. The molecule has 0 spiro atoms. The fourth-order valence-corrected chi connectivity index (χ4v) is 1.37. The van der Waals surface area contributed by atoms with Crippen LogP contribution in [0.2, 0.25) is 0 Å². The van der Waals surface area contributed by atoms with Crippen molar-refractivity contribution in [3.05, 3.63) is 6.33 Å². The van der Waals surface area contributed by atoms with Gasteiger partial charge in [-0.05, 0) is 13.8 Å². The number of imidazole rings is 1. The van der Waals surface area contributed by atoms with E-state index in [1.54, 1.807) is 6.33 Å². The number of aromatic amines is 1. The van der Waals surface area contributed by atoms with Crippen molar-refractivity contribution in [1.29, 1.82) is 0 Å². The van der Waals surface area contributed by atoms with Crippen molar-refractivity contribution in [2.45, 2.75) is 13.8 Å². The molecule has 6 heteroatoms. The molecule has 0 aliphatic rings. The second kappa shape index (κ2) is 4.12. The average molecular weight is 206 g/mol. The number of hydrogen-bond donors (Lipinski definition) is 3. The molecular formula is C9H14N6. The van der Waals surface area contributed by atoms with Gasteiger partial charge in [0.15, 0.2) is 11.5 Å². The van der Waals surface area contributed by atoms with Crippen LogP contribution in [-0.4, -0.2) is 33.0 Å². The molecule has 0 saturated carbocycles. The molecule has 0 aromatic carbocycles. The Kier molecular flexibility index (Phi) is 2.66. The summed E-state index contributed by atoms with van der Waals surface area (Å²) in [5, 5.41) is 6.25. The molecule has 0 aliphatic heterocycles. The van der Waals surface area contributed by atoms with E-state index in [2.05, 4.69) is 30.6 Å². The third-order valence-electron chi connectivity index (χ3n) is 1.96. The topological polar surface area (TPSA) is 78.5 Å². The van der Waals surface area contributed by atoms with Gasteiger partial charge in [0.1, 0.15) is 5.52 Å². The standard InChI is InChI=1S/C9H14N6/c1-3-10-7-6-8(13-5-12-6)15-9(14-7)11-4-2/h5H,3-4H2,1-2H3,(H3,10,11,12,13,14,15). The SMILES string of the molecule is CCNc1nc(NCC)c2[nH]cnc2n1. The van der Waals surface area contributed by atoms with E-state index in [1.165, 1.54) is 0 Å². The maximum Gasteiger partial charge on any atom is 0.226 e. The summed E-state index contributed by atoms with van der Waals surface area (Å²) in [5.41, 5.74) is 1.52. The second-order valence-corrected chi connectivity index (χ2v) is 3.06. The monoisotopic (exact) mass is 206 g/mol. The molecule has 0 amide bonds. The maximum atomic E-state index is 4.35. The molecule has 2 rings (SSSR count). The first-order valence-corrected chi connectivity index (χ1v) is 5.04. The van der Waals surface area contributed by atoms with Gasteiger partial charge in [0.2, 0.25) is 5.95 Å². The van der Waals surface area contributed by atoms with Crippen LogP contribution in [0, 0.1) is 0 Å². The minimum atomic E-state index is 0.605. The zero-order valence-electron chi connectivity index (χ0n) is 8.83. The van der Waals surface area contributed by atoms with Crippen LogP contribution in [0.1, 0.15) is 13.8 Å². The highest BCUT2D eigenvalue weighted by Gasteiger charge is 2.07. The molecule has 0 atom stereocenters. The molecule has 0 bridgehead atoms. The smallest absolute Gasteiger partial charge is 0.226 e. The summed E-state index contributed by atoms with van der Waals surface area (Å²) in [6.07, 6.45) is 1.62. The first-order valence-electron chi connectivity index (χ1n) is 5.04. The fourth-order valence-electron chi connectivity index (χ4n) is 1.37. The van der Waals surface area contributed by atoms with E-state index in [9.17, 15) is 0 Å². The predicted octanol–water partition coefficient (Wildman–Crippen LogP) is 1.22. The molecule has 2 aromatic heterocycles. The number of rotatable bonds is 4. The molecule has 0 saturated heterocycles. The quantitative estimate of drug-likeness (QED) is 0.701. The highest BCUT2D eigenvalue weighted by molar-refractivity contribution is 5.83. The van der Waals surface area contributed by atoms with E-state index in [0.717, 1.165) is 24.4 Å². The molecular weight excluding hydrogens is 192 g/mol. The van der Waals surface area contributed by atoms with Gasteiger partial charge in [-0.2, -0.15) is 9.97 Å². The van der Waals surface area contributed by atoms with Crippen molar-refractivity contribution < 1.29 is 0 Å². The Balaban J connectivity index is 2.48. The summed E-state index contributed by atoms with van der Waals surface area (Å²) >= 11 is 0. The lowest BCUT2D eigenvalue weighted by molar-refractivity contribution is 1.08. The first kappa shape index (κ1) is 9.70. The third-order valence-corrected chi connectivity index (χ3v) is 1.96. The van der Waals surface area contributed by atoms with Crippen LogP contribution < -0.4 is 10.6 Å². The van der Waals surface area contributed by atoms with Crippen LogP contribution in [0.3, 0.4) is 0 Å². The van der Waals surface area contributed by atoms with Crippen molar-refractivity contribution in [2.24, 2.45) is 0 Å². The van der Waals surface area contributed by atoms with Crippen molar-refractivity contribution in [3.8, 4) is 0 Å². The second-order valence-electron chi connectivity index (χ2n) is 3.06. The molecule has 0 radical (unpaired) electrons. The Labute approximate surface area is 87.5 Å². The third kappa shape index (κ3) is 1.83. The minimum Gasteiger partial charge on any atom is -0.368 e. The molecule has 80 valence electrons. The molecule has 0 aliphatic carbocycles. The lowest BCUT2D eigenvalue weighted by Gasteiger charge is -2.06. The maximum absolute atomic E-state index is 4.35. The van der Waals surface area contributed by atoms with Crippen LogP contribution in [0.15, 0.2) is 6.33 Å². The number of nitrogens with zero attached hydrogens (tertiary/aromatic N) is 3. The molecule has 3 N–H and O–H groups in total. The molecule has 0 fully saturated rings. The summed E-state index contributed by atoms with van der Waals surface area (Å²) in [4.78, 5) is 15.7. The number of fused-ring (bicyclic) bond motifs is 1. The van der Waals surface area contributed by atoms with E-state index in [1.807, 2.05) is 13.8 Å². The van der Waals surface area contributed by atoms with Crippen LogP contribution in [0.4, 0.5) is 11.8 Å². The number of hydrogen-bond acceptors (Lipinski definition) is 5. The van der Waals surface area contributed by atoms with E-state index < -0.39 is 0 Å². The van der Waals surface area contributed by atoms with Gasteiger partial charge >= 0.3 is 0 Å². The molecule has 6 nitrogen and oxygen atoms in total. The van der Waals surface area contributed by atoms with Gasteiger partial charge in [-0.3, -0.25) is 0 Å². The Morgan fingerprint density at radius 2 is 2.00 bits per heavy atom. The Morgan fingerprint density at radius 3 is 2.73 bits per heavy atom. The van der Waals surface area contributed by atoms with Gasteiger partial charge in [-0.25, -0.2) is 4.98 Å². The molecule has 0 unspecified atom stereocenters. The van der Waals surface area contributed by atoms with Crippen LogP contribution in [-0.2, 0) is 0 Å². The largest absolute Gasteiger partial charge is 0.368 e. The van der Waals surface area contributed by atoms with Gasteiger partial charge in [-0.15, -0.1) is 0 Å². The highest BCUT2D eigenvalue weighted by atomic mass is 15.2. The Bertz CT molecular complexity index is 449. The summed E-state index contributed by atoms with van der Waals surface area (Å²) in [6, 6.07) is 0. The van der Waals surface area contributed by atoms with Crippen LogP contribution in [0.5, 0.6) is 0 Å². The zero-order chi connectivity index (χ0) is 10.7. The van der Waals surface area contributed by atoms with E-state index in [4.69, 9.17) is 0 Å². The van der Waals surface area contributed by atoms with Crippen molar-refractivity contribution in [2.75, 3.05) is 23.7 Å². The summed E-state index contributed by atoms with van der Waals surface area (Å²) in [7, 11) is 0. The normalized spacial score (nSPS) is 10.5. The first-order chi connectivity index (χ1) is 7.35. The predicted molar refractivity (Wildman–Crippen MR) is 60.0 cm³/mol. The van der Waals surface area contributed by atoms with Gasteiger partial charge in [0.25, 0.3) is 0 Å². The molecule has 2 heterocycles. The van der Waals surface area contributed by atoms with Crippen molar-refractivity contribution in [1.82, 2.24) is 19.9 Å². The van der Waals surface area contributed by atoms with Crippen molar-refractivity contribution >= 4 is 22.9 Å². The lowest BCUT2D eigenvalue weighted by atomic mass is 10.5. The van der Waals surface area contributed by atoms with Gasteiger partial charge < -0.3 is 15.6 Å². The molecule has 15 heavy (non-hydrogen) atoms. The van der Waals surface area contributed by atoms with Gasteiger partial charge in [0.05, 0.1) is 6.33 Å². The van der Waals surface area contributed by atoms with Gasteiger partial charge in [0, 0.05) is 13.1 Å². The zero-order valence-corrected chi connectivity index (χ0v) is 8.83. The highest BCUT2D eigenvalue weighted by Crippen LogP contribution is 2.17. The van der Waals surface area contributed by atoms with Crippen molar-refractivity contribution in [3.63, 3.8) is 0 Å². The van der Waals surface area contributed by atoms with E-state index >= 15 is 0 Å². The lowest BCUT2D eigenvalue weighted by Crippen LogP contribution is -2.06. The number of H-pyrrole nitrogens is 1. The Hall–Kier alpha value is -1.85. The molecule has 2 aromatic rings. The van der Waals surface area contributed by atoms with E-state index in [-0.39, 0.29) is 0 Å². The average Bonchev–Trinajstić information content (AvgIpc) is 2.67. The number of aromatic nitrogens is 4. The van der Waals surface area contributed by atoms with Crippen LogP contribution in [0.25, 0.3) is 11.2 Å². The summed E-state index contributed by atoms with van der Waals surface area (Å²) in [6.45, 7) is 5.64. The number of anilines is 2. The fraction of sp³-hybridized carbons (Fsp3) is 0.444. The summed E-state index contributed by atoms with van der Waals surface area (Å²) in [5.74, 6) is 1.39. The summed E-state index contributed by atoms with van der Waals surface area (Å²) < 4.78 is 0. The van der Waals surface area contributed by atoms with Crippen LogP contribution >= 0.6 is 0 Å². The van der Waals surface area contributed by atoms with Gasteiger partial charge in [-0.1, -0.05) is 0 Å². The van der Waals surface area contributed by atoms with E-state index in [0.29, 0.717) is 11.6 Å². The minimum absolute atomic E-state index is 0.605. The number of nitrogens with one attached hydrogen (secondary N) is 3.